The standard InChI is InChI=1S/C18H17N3O2S/c1-11-8-12(2)19-15(9-11)17(22)21-18-20-16(10-24-18)13-4-6-14(23-3)7-5-13/h4-10H,1-3H3,(H,20,21,22). The van der Waals surface area contributed by atoms with E-state index in [1.807, 2.05) is 49.6 Å². The number of anilines is 1. The van der Waals surface area contributed by atoms with Crippen LogP contribution in [0.3, 0.4) is 0 Å². The molecule has 0 saturated carbocycles. The van der Waals surface area contributed by atoms with Gasteiger partial charge in [0, 0.05) is 16.6 Å². The third-order valence-corrected chi connectivity index (χ3v) is 4.20. The molecule has 1 amide bonds. The Hall–Kier alpha value is -2.73. The molecule has 0 atom stereocenters. The van der Waals surface area contributed by atoms with E-state index in [0.29, 0.717) is 10.8 Å². The number of carbonyl (C=O) groups excluding carboxylic acids is 1. The Balaban J connectivity index is 1.76. The van der Waals surface area contributed by atoms with Crippen LogP contribution in [0.25, 0.3) is 11.3 Å². The molecule has 0 unspecified atom stereocenters. The summed E-state index contributed by atoms with van der Waals surface area (Å²) < 4.78 is 5.15. The van der Waals surface area contributed by atoms with Gasteiger partial charge in [-0.1, -0.05) is 0 Å². The van der Waals surface area contributed by atoms with Crippen molar-refractivity contribution in [2.45, 2.75) is 13.8 Å². The number of carbonyl (C=O) groups is 1. The number of hydrogen-bond acceptors (Lipinski definition) is 5. The van der Waals surface area contributed by atoms with E-state index in [4.69, 9.17) is 4.74 Å². The quantitative estimate of drug-likeness (QED) is 0.778. The van der Waals surface area contributed by atoms with E-state index in [-0.39, 0.29) is 5.91 Å². The fourth-order valence-corrected chi connectivity index (χ4v) is 3.06. The average molecular weight is 339 g/mol. The summed E-state index contributed by atoms with van der Waals surface area (Å²) in [6.07, 6.45) is 0. The number of benzene rings is 1. The third-order valence-electron chi connectivity index (χ3n) is 3.44. The number of nitrogens with zero attached hydrogens (tertiary/aromatic N) is 2. The van der Waals surface area contributed by atoms with Gasteiger partial charge in [-0.3, -0.25) is 10.1 Å². The summed E-state index contributed by atoms with van der Waals surface area (Å²) in [5.41, 5.74) is 4.00. The van der Waals surface area contributed by atoms with E-state index in [1.165, 1.54) is 11.3 Å². The van der Waals surface area contributed by atoms with Crippen molar-refractivity contribution in [3.05, 3.63) is 58.7 Å². The Morgan fingerprint density at radius 3 is 2.54 bits per heavy atom. The molecule has 0 saturated heterocycles. The zero-order valence-corrected chi connectivity index (χ0v) is 14.5. The highest BCUT2D eigenvalue weighted by Gasteiger charge is 2.12. The minimum Gasteiger partial charge on any atom is -0.497 e. The van der Waals surface area contributed by atoms with Crippen molar-refractivity contribution in [3.8, 4) is 17.0 Å². The van der Waals surface area contributed by atoms with Crippen molar-refractivity contribution in [1.82, 2.24) is 9.97 Å². The molecule has 24 heavy (non-hydrogen) atoms. The van der Waals surface area contributed by atoms with Gasteiger partial charge in [0.2, 0.25) is 0 Å². The van der Waals surface area contributed by atoms with Gasteiger partial charge >= 0.3 is 0 Å². The van der Waals surface area contributed by atoms with E-state index >= 15 is 0 Å². The predicted molar refractivity (Wildman–Crippen MR) is 95.8 cm³/mol. The number of methoxy groups -OCH3 is 1. The van der Waals surface area contributed by atoms with Gasteiger partial charge in [-0.15, -0.1) is 11.3 Å². The maximum absolute atomic E-state index is 12.3. The second-order valence-corrected chi connectivity index (χ2v) is 6.25. The number of nitrogens with one attached hydrogen (secondary N) is 1. The van der Waals surface area contributed by atoms with Gasteiger partial charge in [-0.25, -0.2) is 9.97 Å². The molecular weight excluding hydrogens is 322 g/mol. The van der Waals surface area contributed by atoms with Gasteiger partial charge < -0.3 is 4.74 Å². The number of ether oxygens (including phenoxy) is 1. The lowest BCUT2D eigenvalue weighted by Gasteiger charge is -2.04. The third kappa shape index (κ3) is 3.60. The number of aryl methyl sites for hydroxylation is 2. The second kappa shape index (κ2) is 6.80. The van der Waals surface area contributed by atoms with Crippen LogP contribution in [0, 0.1) is 13.8 Å². The van der Waals surface area contributed by atoms with Crippen LogP contribution in [0.15, 0.2) is 41.8 Å². The van der Waals surface area contributed by atoms with Gasteiger partial charge in [0.05, 0.1) is 12.8 Å². The van der Waals surface area contributed by atoms with Crippen LogP contribution in [-0.2, 0) is 0 Å². The van der Waals surface area contributed by atoms with Gasteiger partial charge in [0.25, 0.3) is 5.91 Å². The monoisotopic (exact) mass is 339 g/mol. The Labute approximate surface area is 144 Å². The molecule has 0 aliphatic carbocycles. The molecule has 1 aromatic carbocycles. The van der Waals surface area contributed by atoms with Gasteiger partial charge in [-0.2, -0.15) is 0 Å². The highest BCUT2D eigenvalue weighted by atomic mass is 32.1. The number of hydrogen-bond donors (Lipinski definition) is 1. The molecule has 0 radical (unpaired) electrons. The highest BCUT2D eigenvalue weighted by molar-refractivity contribution is 7.14. The fourth-order valence-electron chi connectivity index (χ4n) is 2.34. The van der Waals surface area contributed by atoms with Crippen LogP contribution in [-0.4, -0.2) is 23.0 Å². The average Bonchev–Trinajstić information content (AvgIpc) is 3.02. The summed E-state index contributed by atoms with van der Waals surface area (Å²) in [6.45, 7) is 3.81. The van der Waals surface area contributed by atoms with Crippen LogP contribution in [0.2, 0.25) is 0 Å². The molecule has 5 nitrogen and oxygen atoms in total. The molecular formula is C18H17N3O2S. The normalized spacial score (nSPS) is 10.5. The highest BCUT2D eigenvalue weighted by Crippen LogP contribution is 2.26. The van der Waals surface area contributed by atoms with Crippen LogP contribution in [0.4, 0.5) is 5.13 Å². The first-order chi connectivity index (χ1) is 11.5. The van der Waals surface area contributed by atoms with E-state index in [2.05, 4.69) is 15.3 Å². The molecule has 3 rings (SSSR count). The molecule has 0 bridgehead atoms. The van der Waals surface area contributed by atoms with Gasteiger partial charge in [0.1, 0.15) is 11.4 Å². The topological polar surface area (TPSA) is 64.1 Å². The minimum atomic E-state index is -0.252. The fraction of sp³-hybridized carbons (Fsp3) is 0.167. The van der Waals surface area contributed by atoms with Crippen LogP contribution in [0.5, 0.6) is 5.75 Å². The summed E-state index contributed by atoms with van der Waals surface area (Å²) >= 11 is 1.38. The molecule has 1 N–H and O–H groups in total. The number of amides is 1. The second-order valence-electron chi connectivity index (χ2n) is 5.39. The Bertz CT molecular complexity index is 852. The van der Waals surface area contributed by atoms with Crippen molar-refractivity contribution < 1.29 is 9.53 Å². The molecule has 3 aromatic rings. The molecule has 0 aliphatic heterocycles. The van der Waals surface area contributed by atoms with E-state index in [9.17, 15) is 4.79 Å². The Morgan fingerprint density at radius 1 is 1.12 bits per heavy atom. The number of thiazole rings is 1. The summed E-state index contributed by atoms with van der Waals surface area (Å²) in [7, 11) is 1.63. The number of aromatic nitrogens is 2. The molecule has 2 aromatic heterocycles. The summed E-state index contributed by atoms with van der Waals surface area (Å²) in [6, 6.07) is 11.3. The Morgan fingerprint density at radius 2 is 1.88 bits per heavy atom. The molecule has 2 heterocycles. The van der Waals surface area contributed by atoms with Crippen molar-refractivity contribution >= 4 is 22.4 Å². The lowest BCUT2D eigenvalue weighted by Crippen LogP contribution is -2.14. The minimum absolute atomic E-state index is 0.252. The molecule has 122 valence electrons. The summed E-state index contributed by atoms with van der Waals surface area (Å²) in [4.78, 5) is 21.1. The van der Waals surface area contributed by atoms with Crippen molar-refractivity contribution in [3.63, 3.8) is 0 Å². The van der Waals surface area contributed by atoms with E-state index in [0.717, 1.165) is 28.3 Å². The van der Waals surface area contributed by atoms with E-state index in [1.54, 1.807) is 13.2 Å². The number of rotatable bonds is 4. The van der Waals surface area contributed by atoms with Crippen LogP contribution >= 0.6 is 11.3 Å². The van der Waals surface area contributed by atoms with Gasteiger partial charge in [-0.05, 0) is 55.8 Å². The maximum atomic E-state index is 12.3. The van der Waals surface area contributed by atoms with Gasteiger partial charge in [0.15, 0.2) is 5.13 Å². The first-order valence-corrected chi connectivity index (χ1v) is 8.30. The largest absolute Gasteiger partial charge is 0.497 e. The lowest BCUT2D eigenvalue weighted by molar-refractivity contribution is 0.102. The van der Waals surface area contributed by atoms with Crippen molar-refractivity contribution in [1.29, 1.82) is 0 Å². The SMILES string of the molecule is COc1ccc(-c2csc(NC(=O)c3cc(C)cc(C)n3)n2)cc1. The zero-order valence-electron chi connectivity index (χ0n) is 13.7. The van der Waals surface area contributed by atoms with Crippen molar-refractivity contribution in [2.75, 3.05) is 12.4 Å². The smallest absolute Gasteiger partial charge is 0.276 e. The van der Waals surface area contributed by atoms with Crippen LogP contribution < -0.4 is 10.1 Å². The molecule has 0 fully saturated rings. The molecule has 6 heteroatoms. The molecule has 0 spiro atoms. The first kappa shape index (κ1) is 16.1. The maximum Gasteiger partial charge on any atom is 0.276 e. The van der Waals surface area contributed by atoms with E-state index < -0.39 is 0 Å². The first-order valence-electron chi connectivity index (χ1n) is 7.42. The zero-order chi connectivity index (χ0) is 17.1. The van der Waals surface area contributed by atoms with Crippen LogP contribution in [0.1, 0.15) is 21.7 Å². The summed E-state index contributed by atoms with van der Waals surface area (Å²) in [5, 5.41) is 5.26. The summed E-state index contributed by atoms with van der Waals surface area (Å²) in [5.74, 6) is 0.542. The lowest BCUT2D eigenvalue weighted by atomic mass is 10.2. The Kier molecular flexibility index (Phi) is 4.57. The number of pyridine rings is 1. The van der Waals surface area contributed by atoms with Crippen molar-refractivity contribution in [2.24, 2.45) is 0 Å². The molecule has 0 aliphatic rings. The predicted octanol–water partition coefficient (Wildman–Crippen LogP) is 4.08.